The van der Waals surface area contributed by atoms with Gasteiger partial charge in [0, 0.05) is 38.4 Å². The Kier molecular flexibility index (Phi) is 6.94. The lowest BCUT2D eigenvalue weighted by molar-refractivity contribution is -0.122. The molecule has 154 valence electrons. The van der Waals surface area contributed by atoms with Crippen molar-refractivity contribution in [3.63, 3.8) is 0 Å². The molecule has 1 aliphatic heterocycles. The third-order valence-corrected chi connectivity index (χ3v) is 5.05. The molecule has 1 saturated heterocycles. The molecular formula is C22H28N4O3. The Morgan fingerprint density at radius 3 is 2.28 bits per heavy atom. The van der Waals surface area contributed by atoms with Gasteiger partial charge in [-0.15, -0.1) is 0 Å². The van der Waals surface area contributed by atoms with Crippen molar-refractivity contribution in [1.29, 1.82) is 0 Å². The molecule has 2 N–H and O–H groups in total. The number of ether oxygens (including phenoxy) is 1. The van der Waals surface area contributed by atoms with Gasteiger partial charge in [-0.3, -0.25) is 4.79 Å². The van der Waals surface area contributed by atoms with Gasteiger partial charge in [-0.25, -0.2) is 4.79 Å². The van der Waals surface area contributed by atoms with Crippen LogP contribution in [0.3, 0.4) is 0 Å². The third kappa shape index (κ3) is 5.63. The number of amides is 3. The summed E-state index contributed by atoms with van der Waals surface area (Å²) in [5.74, 6) is 0.560. The highest BCUT2D eigenvalue weighted by atomic mass is 16.5. The van der Waals surface area contributed by atoms with E-state index in [9.17, 15) is 9.59 Å². The minimum absolute atomic E-state index is 0.204. The molecule has 2 aromatic rings. The highest BCUT2D eigenvalue weighted by Crippen LogP contribution is 2.15. The molecule has 2 aromatic carbocycles. The first-order chi connectivity index (χ1) is 14.1. The van der Waals surface area contributed by atoms with Crippen molar-refractivity contribution < 1.29 is 14.3 Å². The quantitative estimate of drug-likeness (QED) is 0.785. The molecule has 1 aliphatic rings. The second-order valence-electron chi connectivity index (χ2n) is 7.05. The van der Waals surface area contributed by atoms with Crippen molar-refractivity contribution in [2.75, 3.05) is 38.2 Å². The lowest BCUT2D eigenvalue weighted by Crippen LogP contribution is -2.55. The smallest absolute Gasteiger partial charge is 0.318 e. The molecule has 0 aliphatic carbocycles. The predicted octanol–water partition coefficient (Wildman–Crippen LogP) is 2.23. The number of methoxy groups -OCH3 is 1. The summed E-state index contributed by atoms with van der Waals surface area (Å²) in [6, 6.07) is 16.9. The number of anilines is 1. The van der Waals surface area contributed by atoms with Gasteiger partial charge in [-0.2, -0.15) is 0 Å². The molecule has 1 fully saturated rings. The molecule has 1 atom stereocenters. The summed E-state index contributed by atoms with van der Waals surface area (Å²) in [5, 5.41) is 5.65. The molecule has 0 saturated carbocycles. The Balaban J connectivity index is 1.42. The van der Waals surface area contributed by atoms with Crippen LogP contribution in [0, 0.1) is 0 Å². The molecule has 3 amide bonds. The van der Waals surface area contributed by atoms with Crippen molar-refractivity contribution in [2.45, 2.75) is 19.5 Å². The molecule has 7 heteroatoms. The molecule has 7 nitrogen and oxygen atoms in total. The van der Waals surface area contributed by atoms with Gasteiger partial charge in [0.15, 0.2) is 0 Å². The molecule has 1 heterocycles. The zero-order valence-corrected chi connectivity index (χ0v) is 16.9. The number of urea groups is 1. The fourth-order valence-electron chi connectivity index (χ4n) is 3.23. The van der Waals surface area contributed by atoms with Crippen molar-refractivity contribution in [3.8, 4) is 5.75 Å². The zero-order valence-electron chi connectivity index (χ0n) is 16.9. The van der Waals surface area contributed by atoms with Gasteiger partial charge in [-0.05, 0) is 36.8 Å². The van der Waals surface area contributed by atoms with Crippen LogP contribution in [0.4, 0.5) is 10.5 Å². The van der Waals surface area contributed by atoms with Crippen LogP contribution in [-0.2, 0) is 11.3 Å². The molecule has 0 unspecified atom stereocenters. The van der Waals surface area contributed by atoms with E-state index in [2.05, 4.69) is 27.7 Å². The number of para-hydroxylation sites is 1. The van der Waals surface area contributed by atoms with E-state index in [1.807, 2.05) is 42.5 Å². The Morgan fingerprint density at radius 2 is 1.66 bits per heavy atom. The van der Waals surface area contributed by atoms with E-state index in [-0.39, 0.29) is 11.9 Å². The minimum atomic E-state index is -0.604. The maximum atomic E-state index is 12.5. The second kappa shape index (κ2) is 9.82. The summed E-state index contributed by atoms with van der Waals surface area (Å²) in [6.45, 7) is 4.90. The number of nitrogens with zero attached hydrogens (tertiary/aromatic N) is 2. The van der Waals surface area contributed by atoms with Crippen LogP contribution in [0.2, 0.25) is 0 Å². The molecule has 3 rings (SSSR count). The van der Waals surface area contributed by atoms with Gasteiger partial charge < -0.3 is 25.2 Å². The van der Waals surface area contributed by atoms with E-state index in [0.29, 0.717) is 19.6 Å². The van der Waals surface area contributed by atoms with Crippen molar-refractivity contribution in [1.82, 2.24) is 15.5 Å². The van der Waals surface area contributed by atoms with Gasteiger partial charge in [-0.1, -0.05) is 30.3 Å². The first-order valence-corrected chi connectivity index (χ1v) is 9.83. The number of carbonyl (C=O) groups is 2. The summed E-state index contributed by atoms with van der Waals surface area (Å²) in [7, 11) is 1.61. The number of hydrogen-bond donors (Lipinski definition) is 2. The Bertz CT molecular complexity index is 803. The van der Waals surface area contributed by atoms with Gasteiger partial charge in [0.25, 0.3) is 0 Å². The average Bonchev–Trinajstić information content (AvgIpc) is 2.78. The Hall–Kier alpha value is -3.22. The third-order valence-electron chi connectivity index (χ3n) is 5.05. The topological polar surface area (TPSA) is 73.9 Å². The number of benzene rings is 2. The fourth-order valence-corrected chi connectivity index (χ4v) is 3.23. The normalized spacial score (nSPS) is 14.8. The molecule has 29 heavy (non-hydrogen) atoms. The van der Waals surface area contributed by atoms with Crippen LogP contribution in [0.25, 0.3) is 0 Å². The molecule has 0 bridgehead atoms. The first kappa shape index (κ1) is 20.5. The van der Waals surface area contributed by atoms with Crippen LogP contribution >= 0.6 is 0 Å². The Morgan fingerprint density at radius 1 is 1.00 bits per heavy atom. The highest BCUT2D eigenvalue weighted by molar-refractivity contribution is 5.86. The minimum Gasteiger partial charge on any atom is -0.497 e. The number of piperazine rings is 1. The summed E-state index contributed by atoms with van der Waals surface area (Å²) in [6.07, 6.45) is 0. The molecule has 0 radical (unpaired) electrons. The van der Waals surface area contributed by atoms with Crippen molar-refractivity contribution in [3.05, 3.63) is 60.2 Å². The van der Waals surface area contributed by atoms with Gasteiger partial charge in [0.1, 0.15) is 11.8 Å². The number of carbonyl (C=O) groups excluding carboxylic acids is 2. The monoisotopic (exact) mass is 396 g/mol. The highest BCUT2D eigenvalue weighted by Gasteiger charge is 2.24. The molecule has 0 aromatic heterocycles. The van der Waals surface area contributed by atoms with Gasteiger partial charge >= 0.3 is 6.03 Å². The number of rotatable bonds is 6. The van der Waals surface area contributed by atoms with Crippen LogP contribution in [-0.4, -0.2) is 56.2 Å². The predicted molar refractivity (Wildman–Crippen MR) is 113 cm³/mol. The fraction of sp³-hybridized carbons (Fsp3) is 0.364. The largest absolute Gasteiger partial charge is 0.497 e. The Labute approximate surface area is 171 Å². The van der Waals surface area contributed by atoms with Gasteiger partial charge in [0.2, 0.25) is 5.91 Å². The maximum Gasteiger partial charge on any atom is 0.318 e. The van der Waals surface area contributed by atoms with E-state index in [1.165, 1.54) is 5.69 Å². The van der Waals surface area contributed by atoms with E-state index < -0.39 is 6.04 Å². The van der Waals surface area contributed by atoms with Gasteiger partial charge in [0.05, 0.1) is 7.11 Å². The summed E-state index contributed by atoms with van der Waals surface area (Å²) in [4.78, 5) is 28.8. The average molecular weight is 396 g/mol. The molecule has 0 spiro atoms. The van der Waals surface area contributed by atoms with E-state index >= 15 is 0 Å². The van der Waals surface area contributed by atoms with E-state index in [4.69, 9.17) is 4.74 Å². The van der Waals surface area contributed by atoms with Crippen LogP contribution in [0.5, 0.6) is 5.75 Å². The van der Waals surface area contributed by atoms with Crippen LogP contribution < -0.4 is 20.3 Å². The first-order valence-electron chi connectivity index (χ1n) is 9.83. The summed E-state index contributed by atoms with van der Waals surface area (Å²) < 4.78 is 5.12. The van der Waals surface area contributed by atoms with Crippen molar-refractivity contribution >= 4 is 17.6 Å². The van der Waals surface area contributed by atoms with Crippen LogP contribution in [0.1, 0.15) is 12.5 Å². The maximum absolute atomic E-state index is 12.5. The molecular weight excluding hydrogens is 368 g/mol. The summed E-state index contributed by atoms with van der Waals surface area (Å²) >= 11 is 0. The lowest BCUT2D eigenvalue weighted by atomic mass is 10.2. The van der Waals surface area contributed by atoms with E-state index in [0.717, 1.165) is 24.4 Å². The number of nitrogens with one attached hydrogen (secondary N) is 2. The second-order valence-corrected chi connectivity index (χ2v) is 7.05. The number of hydrogen-bond acceptors (Lipinski definition) is 4. The van der Waals surface area contributed by atoms with Crippen molar-refractivity contribution in [2.24, 2.45) is 0 Å². The standard InChI is InChI=1S/C22H28N4O3/c1-17(21(27)23-16-18-8-10-20(29-2)11-9-18)24-22(28)26-14-12-25(13-15-26)19-6-4-3-5-7-19/h3-11,17H,12-16H2,1-2H3,(H,23,27)(H,24,28)/t17-/m0/s1. The zero-order chi connectivity index (χ0) is 20.6. The lowest BCUT2D eigenvalue weighted by Gasteiger charge is -2.36. The van der Waals surface area contributed by atoms with E-state index in [1.54, 1.807) is 18.9 Å². The summed E-state index contributed by atoms with van der Waals surface area (Å²) in [5.41, 5.74) is 2.13. The van der Waals surface area contributed by atoms with Crippen LogP contribution in [0.15, 0.2) is 54.6 Å². The SMILES string of the molecule is COc1ccc(CNC(=O)[C@H](C)NC(=O)N2CCN(c3ccccc3)CC2)cc1.